The Morgan fingerprint density at radius 1 is 1.29 bits per heavy atom. The van der Waals surface area contributed by atoms with Crippen LogP contribution in [0.3, 0.4) is 0 Å². The van der Waals surface area contributed by atoms with E-state index in [0.717, 1.165) is 24.8 Å². The second-order valence-corrected chi connectivity index (χ2v) is 4.60. The smallest absolute Gasteiger partial charge is 0.0607 e. The third-order valence-corrected chi connectivity index (χ3v) is 3.13. The Hall–Kier alpha value is -0.120. The average molecular weight is 201 g/mol. The van der Waals surface area contributed by atoms with E-state index in [2.05, 4.69) is 12.2 Å². The normalized spacial score (nSPS) is 26.6. The first kappa shape index (κ1) is 12.0. The molecule has 0 bridgehead atoms. The summed E-state index contributed by atoms with van der Waals surface area (Å²) in [6.45, 7) is 3.27. The van der Waals surface area contributed by atoms with E-state index in [4.69, 9.17) is 10.2 Å². The molecule has 1 rings (SSSR count). The third-order valence-electron chi connectivity index (χ3n) is 3.13. The standard InChI is InChI=1S/C11H23NO2/c1-9-5-10(6-9)3-2-4-12-11(7-13)8-14/h9-14H,2-8H2,1H3. The first-order chi connectivity index (χ1) is 6.76. The second kappa shape index (κ2) is 6.38. The molecule has 0 unspecified atom stereocenters. The van der Waals surface area contributed by atoms with Crippen molar-refractivity contribution in [2.24, 2.45) is 11.8 Å². The Morgan fingerprint density at radius 3 is 2.43 bits per heavy atom. The maximum Gasteiger partial charge on any atom is 0.0607 e. The van der Waals surface area contributed by atoms with E-state index in [1.54, 1.807) is 0 Å². The Morgan fingerprint density at radius 2 is 1.93 bits per heavy atom. The van der Waals surface area contributed by atoms with Gasteiger partial charge < -0.3 is 15.5 Å². The predicted octanol–water partition coefficient (Wildman–Crippen LogP) is 0.755. The number of aliphatic hydroxyl groups is 2. The first-order valence-electron chi connectivity index (χ1n) is 5.71. The molecule has 0 spiro atoms. The fourth-order valence-corrected chi connectivity index (χ4v) is 2.19. The molecule has 1 saturated carbocycles. The Kier molecular flexibility index (Phi) is 5.45. The van der Waals surface area contributed by atoms with Gasteiger partial charge in [-0.2, -0.15) is 0 Å². The van der Waals surface area contributed by atoms with Crippen LogP contribution < -0.4 is 5.32 Å². The molecule has 0 amide bonds. The Labute approximate surface area is 86.5 Å². The zero-order valence-corrected chi connectivity index (χ0v) is 9.08. The molecular weight excluding hydrogens is 178 g/mol. The van der Waals surface area contributed by atoms with Crippen LogP contribution in [0.15, 0.2) is 0 Å². The number of hydrogen-bond donors (Lipinski definition) is 3. The van der Waals surface area contributed by atoms with Gasteiger partial charge in [0.15, 0.2) is 0 Å². The van der Waals surface area contributed by atoms with Crippen LogP contribution in [-0.2, 0) is 0 Å². The number of rotatable bonds is 7. The molecule has 84 valence electrons. The summed E-state index contributed by atoms with van der Waals surface area (Å²) in [6.07, 6.45) is 5.24. The van der Waals surface area contributed by atoms with Gasteiger partial charge in [0.2, 0.25) is 0 Å². The van der Waals surface area contributed by atoms with Crippen molar-refractivity contribution in [3.8, 4) is 0 Å². The van der Waals surface area contributed by atoms with Crippen LogP contribution in [-0.4, -0.2) is 36.0 Å². The lowest BCUT2D eigenvalue weighted by Gasteiger charge is -2.32. The Balaban J connectivity index is 1.89. The topological polar surface area (TPSA) is 52.5 Å². The van der Waals surface area contributed by atoms with Crippen molar-refractivity contribution in [3.05, 3.63) is 0 Å². The van der Waals surface area contributed by atoms with Crippen LogP contribution in [0.25, 0.3) is 0 Å². The SMILES string of the molecule is CC1CC(CCCNC(CO)CO)C1. The molecule has 14 heavy (non-hydrogen) atoms. The molecule has 0 aromatic rings. The first-order valence-corrected chi connectivity index (χ1v) is 5.71. The van der Waals surface area contributed by atoms with Crippen LogP contribution in [0.4, 0.5) is 0 Å². The van der Waals surface area contributed by atoms with Gasteiger partial charge in [0.1, 0.15) is 0 Å². The van der Waals surface area contributed by atoms with Gasteiger partial charge in [-0.05, 0) is 44.1 Å². The summed E-state index contributed by atoms with van der Waals surface area (Å²) >= 11 is 0. The highest BCUT2D eigenvalue weighted by Crippen LogP contribution is 2.35. The van der Waals surface area contributed by atoms with Crippen molar-refractivity contribution in [3.63, 3.8) is 0 Å². The van der Waals surface area contributed by atoms with Crippen LogP contribution in [0.1, 0.15) is 32.6 Å². The summed E-state index contributed by atoms with van der Waals surface area (Å²) in [6, 6.07) is -0.129. The van der Waals surface area contributed by atoms with E-state index >= 15 is 0 Å². The van der Waals surface area contributed by atoms with Gasteiger partial charge in [0.05, 0.1) is 19.3 Å². The second-order valence-electron chi connectivity index (χ2n) is 4.60. The molecule has 0 radical (unpaired) electrons. The van der Waals surface area contributed by atoms with Crippen LogP contribution >= 0.6 is 0 Å². The largest absolute Gasteiger partial charge is 0.395 e. The lowest BCUT2D eigenvalue weighted by atomic mass is 9.74. The minimum atomic E-state index is -0.129. The van der Waals surface area contributed by atoms with E-state index in [1.807, 2.05) is 0 Å². The highest BCUT2D eigenvalue weighted by atomic mass is 16.3. The predicted molar refractivity (Wildman–Crippen MR) is 57.1 cm³/mol. The fourth-order valence-electron chi connectivity index (χ4n) is 2.19. The summed E-state index contributed by atoms with van der Waals surface area (Å²) in [5, 5.41) is 20.7. The van der Waals surface area contributed by atoms with E-state index < -0.39 is 0 Å². The Bertz CT molecular complexity index is 142. The molecular formula is C11H23NO2. The molecule has 1 aliphatic rings. The quantitative estimate of drug-likeness (QED) is 0.533. The highest BCUT2D eigenvalue weighted by Gasteiger charge is 2.24. The molecule has 3 N–H and O–H groups in total. The van der Waals surface area contributed by atoms with Crippen molar-refractivity contribution in [1.82, 2.24) is 5.32 Å². The molecule has 0 heterocycles. The van der Waals surface area contributed by atoms with E-state index in [9.17, 15) is 0 Å². The molecule has 0 aromatic heterocycles. The molecule has 3 heteroatoms. The summed E-state index contributed by atoms with van der Waals surface area (Å²) in [5.74, 6) is 1.88. The van der Waals surface area contributed by atoms with E-state index in [0.29, 0.717) is 0 Å². The minimum Gasteiger partial charge on any atom is -0.395 e. The minimum absolute atomic E-state index is 0.0248. The zero-order chi connectivity index (χ0) is 10.4. The molecule has 0 aliphatic heterocycles. The lowest BCUT2D eigenvalue weighted by Crippen LogP contribution is -2.36. The molecule has 0 atom stereocenters. The van der Waals surface area contributed by atoms with Gasteiger partial charge in [-0.15, -0.1) is 0 Å². The van der Waals surface area contributed by atoms with Gasteiger partial charge in [0.25, 0.3) is 0 Å². The van der Waals surface area contributed by atoms with Crippen LogP contribution in [0.5, 0.6) is 0 Å². The fraction of sp³-hybridized carbons (Fsp3) is 1.00. The average Bonchev–Trinajstić information content (AvgIpc) is 2.15. The lowest BCUT2D eigenvalue weighted by molar-refractivity contribution is 0.166. The maximum atomic E-state index is 8.80. The van der Waals surface area contributed by atoms with Crippen molar-refractivity contribution in [2.75, 3.05) is 19.8 Å². The number of nitrogens with one attached hydrogen (secondary N) is 1. The highest BCUT2D eigenvalue weighted by molar-refractivity contribution is 4.76. The van der Waals surface area contributed by atoms with Gasteiger partial charge in [0, 0.05) is 0 Å². The van der Waals surface area contributed by atoms with Crippen molar-refractivity contribution >= 4 is 0 Å². The van der Waals surface area contributed by atoms with Crippen LogP contribution in [0.2, 0.25) is 0 Å². The van der Waals surface area contributed by atoms with Crippen molar-refractivity contribution < 1.29 is 10.2 Å². The molecule has 1 fully saturated rings. The van der Waals surface area contributed by atoms with Gasteiger partial charge in [-0.25, -0.2) is 0 Å². The van der Waals surface area contributed by atoms with Crippen molar-refractivity contribution in [1.29, 1.82) is 0 Å². The van der Waals surface area contributed by atoms with Crippen LogP contribution in [0, 0.1) is 11.8 Å². The van der Waals surface area contributed by atoms with E-state index in [1.165, 1.54) is 19.3 Å². The number of hydrogen-bond acceptors (Lipinski definition) is 3. The van der Waals surface area contributed by atoms with Gasteiger partial charge in [-0.1, -0.05) is 6.92 Å². The molecule has 0 saturated heterocycles. The molecule has 3 nitrogen and oxygen atoms in total. The van der Waals surface area contributed by atoms with Gasteiger partial charge >= 0.3 is 0 Å². The summed E-state index contributed by atoms with van der Waals surface area (Å²) in [5.41, 5.74) is 0. The summed E-state index contributed by atoms with van der Waals surface area (Å²) in [7, 11) is 0. The van der Waals surface area contributed by atoms with Crippen molar-refractivity contribution in [2.45, 2.75) is 38.6 Å². The maximum absolute atomic E-state index is 8.80. The summed E-state index contributed by atoms with van der Waals surface area (Å²) < 4.78 is 0. The molecule has 1 aliphatic carbocycles. The van der Waals surface area contributed by atoms with Gasteiger partial charge in [-0.3, -0.25) is 0 Å². The third kappa shape index (κ3) is 3.95. The van der Waals surface area contributed by atoms with E-state index in [-0.39, 0.29) is 19.3 Å². The molecule has 0 aromatic carbocycles. The zero-order valence-electron chi connectivity index (χ0n) is 9.08. The monoisotopic (exact) mass is 201 g/mol. The number of aliphatic hydroxyl groups excluding tert-OH is 2. The summed E-state index contributed by atoms with van der Waals surface area (Å²) in [4.78, 5) is 0.